The molecule has 0 unspecified atom stereocenters. The number of rotatable bonds is 5. The minimum absolute atomic E-state index is 0.385. The molecule has 18 heavy (non-hydrogen) atoms. The molecule has 0 saturated carbocycles. The van der Waals surface area contributed by atoms with Gasteiger partial charge in [0.15, 0.2) is 0 Å². The van der Waals surface area contributed by atoms with Gasteiger partial charge in [0.2, 0.25) is 0 Å². The van der Waals surface area contributed by atoms with Gasteiger partial charge in [0.05, 0.1) is 18.5 Å². The quantitative estimate of drug-likeness (QED) is 0.800. The summed E-state index contributed by atoms with van der Waals surface area (Å²) in [7, 11) is 0. The van der Waals surface area contributed by atoms with Crippen LogP contribution in [-0.4, -0.2) is 32.9 Å². The zero-order valence-corrected chi connectivity index (χ0v) is 10.8. The maximum absolute atomic E-state index is 9.96. The van der Waals surface area contributed by atoms with E-state index >= 15 is 0 Å². The molecule has 0 radical (unpaired) electrons. The molecule has 0 aliphatic heterocycles. The van der Waals surface area contributed by atoms with Crippen molar-refractivity contribution in [2.45, 2.75) is 11.1 Å². The molecule has 5 nitrogen and oxygen atoms in total. The number of hydrogen-bond acceptors (Lipinski definition) is 6. The topological polar surface area (TPSA) is 70.9 Å². The van der Waals surface area contributed by atoms with Crippen LogP contribution in [0.5, 0.6) is 0 Å². The van der Waals surface area contributed by atoms with Crippen LogP contribution in [0.1, 0.15) is 11.7 Å². The Morgan fingerprint density at radius 2 is 2.06 bits per heavy atom. The Morgan fingerprint density at radius 1 is 1.28 bits per heavy atom. The van der Waals surface area contributed by atoms with Gasteiger partial charge < -0.3 is 10.4 Å². The normalized spacial score (nSPS) is 12.1. The molecule has 0 aromatic carbocycles. The third-order valence-electron chi connectivity index (χ3n) is 2.39. The Morgan fingerprint density at radius 3 is 2.78 bits per heavy atom. The summed E-state index contributed by atoms with van der Waals surface area (Å²) < 4.78 is 0. The molecular weight excluding hydrogens is 248 g/mol. The smallest absolute Gasteiger partial charge is 0.145 e. The number of pyridine rings is 1. The van der Waals surface area contributed by atoms with Gasteiger partial charge >= 0.3 is 0 Å². The van der Waals surface area contributed by atoms with Crippen molar-refractivity contribution in [3.63, 3.8) is 0 Å². The van der Waals surface area contributed by atoms with Crippen LogP contribution in [0.3, 0.4) is 0 Å². The molecule has 0 aliphatic rings. The summed E-state index contributed by atoms with van der Waals surface area (Å²) >= 11 is 1.53. The highest BCUT2D eigenvalue weighted by molar-refractivity contribution is 7.98. The van der Waals surface area contributed by atoms with Gasteiger partial charge in [-0.3, -0.25) is 9.97 Å². The number of anilines is 1. The van der Waals surface area contributed by atoms with E-state index in [2.05, 4.69) is 20.3 Å². The van der Waals surface area contributed by atoms with Crippen molar-refractivity contribution in [2.75, 3.05) is 18.1 Å². The van der Waals surface area contributed by atoms with E-state index in [1.165, 1.54) is 11.8 Å². The van der Waals surface area contributed by atoms with E-state index in [0.717, 1.165) is 10.6 Å². The lowest BCUT2D eigenvalue weighted by atomic mass is 10.1. The van der Waals surface area contributed by atoms with Gasteiger partial charge in [-0.1, -0.05) is 0 Å². The van der Waals surface area contributed by atoms with E-state index in [4.69, 9.17) is 0 Å². The molecule has 0 aliphatic carbocycles. The molecule has 1 atom stereocenters. The molecule has 0 fully saturated rings. The maximum Gasteiger partial charge on any atom is 0.145 e. The Kier molecular flexibility index (Phi) is 4.49. The van der Waals surface area contributed by atoms with Gasteiger partial charge in [-0.15, -0.1) is 11.8 Å². The van der Waals surface area contributed by atoms with E-state index in [1.807, 2.05) is 6.26 Å². The molecule has 2 rings (SSSR count). The summed E-state index contributed by atoms with van der Waals surface area (Å²) in [5.41, 5.74) is 0.825. The van der Waals surface area contributed by atoms with Gasteiger partial charge in [0, 0.05) is 18.9 Å². The predicted octanol–water partition coefficient (Wildman–Crippen LogP) is 1.74. The number of aromatic nitrogens is 3. The average Bonchev–Trinajstić information content (AvgIpc) is 2.46. The lowest BCUT2D eigenvalue weighted by Gasteiger charge is -2.12. The van der Waals surface area contributed by atoms with Crippen molar-refractivity contribution in [3.8, 4) is 0 Å². The first-order valence-corrected chi connectivity index (χ1v) is 6.70. The highest BCUT2D eigenvalue weighted by Gasteiger charge is 2.07. The van der Waals surface area contributed by atoms with E-state index in [0.29, 0.717) is 12.4 Å². The van der Waals surface area contributed by atoms with Gasteiger partial charge in [-0.2, -0.15) is 0 Å². The van der Waals surface area contributed by atoms with Crippen LogP contribution in [0.2, 0.25) is 0 Å². The molecule has 2 aromatic rings. The van der Waals surface area contributed by atoms with Crippen LogP contribution in [0.4, 0.5) is 5.82 Å². The molecule has 2 heterocycles. The van der Waals surface area contributed by atoms with E-state index in [9.17, 15) is 5.11 Å². The lowest BCUT2D eigenvalue weighted by Crippen LogP contribution is -2.13. The second-order valence-electron chi connectivity index (χ2n) is 3.62. The van der Waals surface area contributed by atoms with Gasteiger partial charge in [-0.05, 0) is 24.0 Å². The summed E-state index contributed by atoms with van der Waals surface area (Å²) in [6, 6.07) is 3.58. The highest BCUT2D eigenvalue weighted by atomic mass is 32.2. The number of aliphatic hydroxyl groups excluding tert-OH is 1. The Balaban J connectivity index is 1.95. The summed E-state index contributed by atoms with van der Waals surface area (Å²) in [6.45, 7) is 0.385. The van der Waals surface area contributed by atoms with Gasteiger partial charge in [0.25, 0.3) is 0 Å². The SMILES string of the molecule is CSc1cncc(NC[C@H](O)c2ccncc2)n1. The van der Waals surface area contributed by atoms with Crippen LogP contribution in [0, 0.1) is 0 Å². The monoisotopic (exact) mass is 262 g/mol. The minimum atomic E-state index is -0.590. The fourth-order valence-corrected chi connectivity index (χ4v) is 1.79. The number of nitrogens with one attached hydrogen (secondary N) is 1. The molecular formula is C12H14N4OS. The first-order chi connectivity index (χ1) is 8.79. The third-order valence-corrected chi connectivity index (χ3v) is 3.00. The lowest BCUT2D eigenvalue weighted by molar-refractivity contribution is 0.191. The van der Waals surface area contributed by atoms with Crippen molar-refractivity contribution in [3.05, 3.63) is 42.5 Å². The number of aliphatic hydroxyl groups is 1. The maximum atomic E-state index is 9.96. The molecule has 2 aromatic heterocycles. The summed E-state index contributed by atoms with van der Waals surface area (Å²) in [4.78, 5) is 12.3. The van der Waals surface area contributed by atoms with Crippen molar-refractivity contribution >= 4 is 17.6 Å². The van der Waals surface area contributed by atoms with E-state index in [1.54, 1.807) is 36.9 Å². The number of thioether (sulfide) groups is 1. The highest BCUT2D eigenvalue weighted by Crippen LogP contribution is 2.14. The van der Waals surface area contributed by atoms with Crippen molar-refractivity contribution in [1.29, 1.82) is 0 Å². The van der Waals surface area contributed by atoms with Crippen molar-refractivity contribution in [2.24, 2.45) is 0 Å². The van der Waals surface area contributed by atoms with Crippen molar-refractivity contribution in [1.82, 2.24) is 15.0 Å². The molecule has 94 valence electrons. The second-order valence-corrected chi connectivity index (χ2v) is 4.45. The Bertz CT molecular complexity index is 494. The summed E-state index contributed by atoms with van der Waals surface area (Å²) in [5, 5.41) is 13.9. The summed E-state index contributed by atoms with van der Waals surface area (Å²) in [6.07, 6.45) is 8.01. The standard InChI is InChI=1S/C12H14N4OS/c1-18-12-8-14-7-11(16-12)15-6-10(17)9-2-4-13-5-3-9/h2-5,7-8,10,17H,6H2,1H3,(H,15,16)/t10-/m0/s1. The minimum Gasteiger partial charge on any atom is -0.387 e. The van der Waals surface area contributed by atoms with Crippen LogP contribution in [0.15, 0.2) is 41.9 Å². The first kappa shape index (κ1) is 12.8. The predicted molar refractivity (Wildman–Crippen MR) is 71.5 cm³/mol. The largest absolute Gasteiger partial charge is 0.387 e. The zero-order chi connectivity index (χ0) is 12.8. The van der Waals surface area contributed by atoms with Gasteiger partial charge in [-0.25, -0.2) is 4.98 Å². The number of hydrogen-bond donors (Lipinski definition) is 2. The number of nitrogens with zero attached hydrogens (tertiary/aromatic N) is 3. The van der Waals surface area contributed by atoms with Crippen LogP contribution >= 0.6 is 11.8 Å². The van der Waals surface area contributed by atoms with Gasteiger partial charge in [0.1, 0.15) is 10.8 Å². The average molecular weight is 262 g/mol. The van der Waals surface area contributed by atoms with E-state index < -0.39 is 6.10 Å². The molecule has 0 spiro atoms. The molecule has 0 bridgehead atoms. The fraction of sp³-hybridized carbons (Fsp3) is 0.250. The third kappa shape index (κ3) is 3.41. The fourth-order valence-electron chi connectivity index (χ4n) is 1.44. The second kappa shape index (κ2) is 6.32. The Hall–Kier alpha value is -1.66. The molecule has 2 N–H and O–H groups in total. The van der Waals surface area contributed by atoms with E-state index in [-0.39, 0.29) is 0 Å². The molecule has 6 heteroatoms. The zero-order valence-electron chi connectivity index (χ0n) is 9.95. The molecule has 0 saturated heterocycles. The summed E-state index contributed by atoms with van der Waals surface area (Å²) in [5.74, 6) is 0.662. The van der Waals surface area contributed by atoms with Crippen LogP contribution in [0.25, 0.3) is 0 Å². The van der Waals surface area contributed by atoms with Crippen LogP contribution in [-0.2, 0) is 0 Å². The van der Waals surface area contributed by atoms with Crippen LogP contribution < -0.4 is 5.32 Å². The molecule has 0 amide bonds. The Labute approximate surface area is 110 Å². The first-order valence-electron chi connectivity index (χ1n) is 5.47. The van der Waals surface area contributed by atoms with Crippen molar-refractivity contribution < 1.29 is 5.11 Å².